The van der Waals surface area contributed by atoms with Gasteiger partial charge >= 0.3 is 0 Å². The standard InChI is InChI=1S/C15H20ClFN2.2ClH/c1-11(2)9-15(19-7-5-18-6-8-19)13-4-3-12(16)10-14(13)17;;/h3-4,10,15,18H,1,5-9H2,2H3;2*1H/t15-;;/m1../s1. The fourth-order valence-corrected chi connectivity index (χ4v) is 2.69. The molecule has 0 bridgehead atoms. The van der Waals surface area contributed by atoms with Crippen LogP contribution in [-0.4, -0.2) is 31.1 Å². The highest BCUT2D eigenvalue weighted by Crippen LogP contribution is 2.30. The lowest BCUT2D eigenvalue weighted by Gasteiger charge is -2.35. The molecule has 0 radical (unpaired) electrons. The van der Waals surface area contributed by atoms with E-state index in [2.05, 4.69) is 16.8 Å². The lowest BCUT2D eigenvalue weighted by Crippen LogP contribution is -2.45. The topological polar surface area (TPSA) is 15.3 Å². The number of hydrogen-bond acceptors (Lipinski definition) is 2. The molecule has 0 aliphatic carbocycles. The molecule has 120 valence electrons. The summed E-state index contributed by atoms with van der Waals surface area (Å²) < 4.78 is 14.1. The van der Waals surface area contributed by atoms with E-state index in [1.54, 1.807) is 12.1 Å². The Bertz CT molecular complexity index is 462. The van der Waals surface area contributed by atoms with E-state index in [0.29, 0.717) is 10.6 Å². The van der Waals surface area contributed by atoms with E-state index in [1.165, 1.54) is 6.07 Å². The molecule has 1 aliphatic heterocycles. The summed E-state index contributed by atoms with van der Waals surface area (Å²) in [4.78, 5) is 2.32. The number of nitrogens with zero attached hydrogens (tertiary/aromatic N) is 1. The summed E-state index contributed by atoms with van der Waals surface area (Å²) in [6.45, 7) is 9.71. The first-order valence-electron chi connectivity index (χ1n) is 6.62. The number of nitrogens with one attached hydrogen (secondary N) is 1. The van der Waals surface area contributed by atoms with Gasteiger partial charge in [-0.15, -0.1) is 31.4 Å². The van der Waals surface area contributed by atoms with E-state index < -0.39 is 0 Å². The third-order valence-corrected chi connectivity index (χ3v) is 3.69. The normalized spacial score (nSPS) is 16.5. The summed E-state index contributed by atoms with van der Waals surface area (Å²) in [7, 11) is 0. The zero-order chi connectivity index (χ0) is 13.8. The molecule has 1 saturated heterocycles. The van der Waals surface area contributed by atoms with Crippen LogP contribution in [0.15, 0.2) is 30.4 Å². The number of hydrogen-bond donors (Lipinski definition) is 1. The van der Waals surface area contributed by atoms with Crippen LogP contribution >= 0.6 is 36.4 Å². The summed E-state index contributed by atoms with van der Waals surface area (Å²) in [6.07, 6.45) is 0.776. The van der Waals surface area contributed by atoms with Crippen molar-refractivity contribution in [2.24, 2.45) is 0 Å². The van der Waals surface area contributed by atoms with Crippen molar-refractivity contribution in [2.45, 2.75) is 19.4 Å². The van der Waals surface area contributed by atoms with Crippen LogP contribution in [-0.2, 0) is 0 Å². The molecule has 2 rings (SSSR count). The Balaban J connectivity index is 0.00000200. The molecular formula is C15H22Cl3FN2. The van der Waals surface area contributed by atoms with Crippen molar-refractivity contribution in [3.63, 3.8) is 0 Å². The molecule has 21 heavy (non-hydrogen) atoms. The van der Waals surface area contributed by atoms with Gasteiger partial charge in [-0.3, -0.25) is 4.90 Å². The first-order chi connectivity index (χ1) is 9.08. The molecule has 1 aliphatic rings. The van der Waals surface area contributed by atoms with Gasteiger partial charge in [-0.05, 0) is 25.5 Å². The Morgan fingerprint density at radius 3 is 2.52 bits per heavy atom. The smallest absolute Gasteiger partial charge is 0.129 e. The second-order valence-corrected chi connectivity index (χ2v) is 5.57. The van der Waals surface area contributed by atoms with E-state index in [9.17, 15) is 4.39 Å². The number of piperazine rings is 1. The predicted molar refractivity (Wildman–Crippen MR) is 92.5 cm³/mol. The van der Waals surface area contributed by atoms with Gasteiger partial charge in [-0.1, -0.05) is 23.2 Å². The lowest BCUT2D eigenvalue weighted by molar-refractivity contribution is 0.169. The van der Waals surface area contributed by atoms with Crippen molar-refractivity contribution in [3.05, 3.63) is 46.8 Å². The Labute approximate surface area is 143 Å². The molecule has 6 heteroatoms. The Morgan fingerprint density at radius 2 is 2.00 bits per heavy atom. The SMILES string of the molecule is C=C(C)C[C@H](c1ccc(Cl)cc1F)N1CCNCC1.Cl.Cl. The fourth-order valence-electron chi connectivity index (χ4n) is 2.53. The summed E-state index contributed by atoms with van der Waals surface area (Å²) in [6, 6.07) is 5.00. The molecule has 2 nitrogen and oxygen atoms in total. The molecule has 1 N–H and O–H groups in total. The minimum absolute atomic E-state index is 0. The van der Waals surface area contributed by atoms with Gasteiger partial charge in [0.15, 0.2) is 0 Å². The van der Waals surface area contributed by atoms with Crippen molar-refractivity contribution in [3.8, 4) is 0 Å². The highest BCUT2D eigenvalue weighted by atomic mass is 35.5. The molecule has 1 atom stereocenters. The van der Waals surface area contributed by atoms with Gasteiger partial charge in [0.25, 0.3) is 0 Å². The Hall–Kier alpha value is -0.320. The van der Waals surface area contributed by atoms with Crippen molar-refractivity contribution in [2.75, 3.05) is 26.2 Å². The minimum Gasteiger partial charge on any atom is -0.314 e. The van der Waals surface area contributed by atoms with Gasteiger partial charge in [-0.2, -0.15) is 0 Å². The quantitative estimate of drug-likeness (QED) is 0.813. The van der Waals surface area contributed by atoms with Crippen LogP contribution in [0.1, 0.15) is 24.9 Å². The Kier molecular flexibility index (Phi) is 9.50. The average molecular weight is 356 g/mol. The first-order valence-corrected chi connectivity index (χ1v) is 7.00. The maximum absolute atomic E-state index is 14.1. The van der Waals surface area contributed by atoms with Crippen molar-refractivity contribution >= 4 is 36.4 Å². The number of rotatable bonds is 4. The molecular weight excluding hydrogens is 334 g/mol. The summed E-state index contributed by atoms with van der Waals surface area (Å²) >= 11 is 5.83. The van der Waals surface area contributed by atoms with Gasteiger partial charge in [0.05, 0.1) is 0 Å². The number of halogens is 4. The monoisotopic (exact) mass is 354 g/mol. The molecule has 0 saturated carbocycles. The fraction of sp³-hybridized carbons (Fsp3) is 0.467. The highest BCUT2D eigenvalue weighted by Gasteiger charge is 2.24. The molecule has 0 amide bonds. The lowest BCUT2D eigenvalue weighted by atomic mass is 9.97. The van der Waals surface area contributed by atoms with E-state index >= 15 is 0 Å². The predicted octanol–water partition coefficient (Wildman–Crippen LogP) is 4.24. The van der Waals surface area contributed by atoms with Crippen LogP contribution in [0.4, 0.5) is 4.39 Å². The van der Waals surface area contributed by atoms with Crippen molar-refractivity contribution in [1.29, 1.82) is 0 Å². The maximum atomic E-state index is 14.1. The second kappa shape index (κ2) is 9.65. The zero-order valence-corrected chi connectivity index (χ0v) is 14.5. The van der Waals surface area contributed by atoms with Gasteiger partial charge in [-0.25, -0.2) is 4.39 Å². The van der Waals surface area contributed by atoms with E-state index in [1.807, 2.05) is 6.92 Å². The van der Waals surface area contributed by atoms with Gasteiger partial charge in [0, 0.05) is 42.8 Å². The third kappa shape index (κ3) is 5.76. The molecule has 1 fully saturated rings. The molecule has 1 aromatic rings. The Morgan fingerprint density at radius 1 is 1.38 bits per heavy atom. The van der Waals surface area contributed by atoms with Crippen LogP contribution in [0.25, 0.3) is 0 Å². The molecule has 0 unspecified atom stereocenters. The van der Waals surface area contributed by atoms with E-state index in [4.69, 9.17) is 11.6 Å². The number of benzene rings is 1. The van der Waals surface area contributed by atoms with Crippen LogP contribution in [0, 0.1) is 5.82 Å². The molecule has 0 spiro atoms. The van der Waals surface area contributed by atoms with Gasteiger partial charge in [0.2, 0.25) is 0 Å². The molecule has 0 aromatic heterocycles. The van der Waals surface area contributed by atoms with Crippen LogP contribution < -0.4 is 5.32 Å². The van der Waals surface area contributed by atoms with Crippen molar-refractivity contribution in [1.82, 2.24) is 10.2 Å². The summed E-state index contributed by atoms with van der Waals surface area (Å²) in [5.74, 6) is -0.225. The van der Waals surface area contributed by atoms with E-state index in [-0.39, 0.29) is 36.7 Å². The largest absolute Gasteiger partial charge is 0.314 e. The first kappa shape index (κ1) is 20.7. The highest BCUT2D eigenvalue weighted by molar-refractivity contribution is 6.30. The van der Waals surface area contributed by atoms with Crippen LogP contribution in [0.2, 0.25) is 5.02 Å². The second-order valence-electron chi connectivity index (χ2n) is 5.13. The molecule has 1 aromatic carbocycles. The zero-order valence-electron chi connectivity index (χ0n) is 12.1. The average Bonchev–Trinajstić information content (AvgIpc) is 2.37. The van der Waals surface area contributed by atoms with Crippen LogP contribution in [0.5, 0.6) is 0 Å². The minimum atomic E-state index is -0.225. The summed E-state index contributed by atoms with van der Waals surface area (Å²) in [5.41, 5.74) is 1.78. The molecule has 1 heterocycles. The van der Waals surface area contributed by atoms with E-state index in [0.717, 1.165) is 38.2 Å². The van der Waals surface area contributed by atoms with Gasteiger partial charge < -0.3 is 5.32 Å². The van der Waals surface area contributed by atoms with Gasteiger partial charge in [0.1, 0.15) is 5.82 Å². The maximum Gasteiger partial charge on any atom is 0.129 e. The third-order valence-electron chi connectivity index (χ3n) is 3.46. The summed E-state index contributed by atoms with van der Waals surface area (Å²) in [5, 5.41) is 3.76. The van der Waals surface area contributed by atoms with Crippen LogP contribution in [0.3, 0.4) is 0 Å². The van der Waals surface area contributed by atoms with Crippen molar-refractivity contribution < 1.29 is 4.39 Å².